The van der Waals surface area contributed by atoms with Gasteiger partial charge in [0.05, 0.1) is 6.10 Å². The predicted octanol–water partition coefficient (Wildman–Crippen LogP) is 3.90. The van der Waals surface area contributed by atoms with Gasteiger partial charge in [-0.05, 0) is 31.1 Å². The Morgan fingerprint density at radius 1 is 1.21 bits per heavy atom. The highest BCUT2D eigenvalue weighted by Crippen LogP contribution is 2.41. The van der Waals surface area contributed by atoms with E-state index in [1.54, 1.807) is 0 Å². The third-order valence-corrected chi connectivity index (χ3v) is 3.69. The minimum absolute atomic E-state index is 0.00404. The Kier molecular flexibility index (Phi) is 4.94. The van der Waals surface area contributed by atoms with Gasteiger partial charge in [-0.15, -0.1) is 0 Å². The van der Waals surface area contributed by atoms with Crippen LogP contribution in [0.4, 0.5) is 0 Å². The minimum Gasteiger partial charge on any atom is -0.393 e. The summed E-state index contributed by atoms with van der Waals surface area (Å²) in [6.07, 6.45) is 11.5. The van der Waals surface area contributed by atoms with E-state index >= 15 is 0 Å². The van der Waals surface area contributed by atoms with Crippen molar-refractivity contribution in [2.24, 2.45) is 5.41 Å². The molecule has 1 aliphatic carbocycles. The summed E-state index contributed by atoms with van der Waals surface area (Å²) in [6, 6.07) is 0. The number of rotatable bonds is 6. The molecular weight excluding hydrogens is 172 g/mol. The highest BCUT2D eigenvalue weighted by atomic mass is 16.3. The monoisotopic (exact) mass is 198 g/mol. The second-order valence-electron chi connectivity index (χ2n) is 5.37. The van der Waals surface area contributed by atoms with Gasteiger partial charge in [-0.2, -0.15) is 0 Å². The van der Waals surface area contributed by atoms with E-state index < -0.39 is 0 Å². The van der Waals surface area contributed by atoms with Gasteiger partial charge in [-0.3, -0.25) is 0 Å². The van der Waals surface area contributed by atoms with Gasteiger partial charge < -0.3 is 5.11 Å². The van der Waals surface area contributed by atoms with E-state index in [-0.39, 0.29) is 6.10 Å². The molecule has 0 radical (unpaired) electrons. The molecule has 0 spiro atoms. The largest absolute Gasteiger partial charge is 0.393 e. The van der Waals surface area contributed by atoms with Crippen LogP contribution in [-0.4, -0.2) is 11.2 Å². The molecule has 0 bridgehead atoms. The van der Waals surface area contributed by atoms with E-state index in [4.69, 9.17) is 0 Å². The molecule has 1 aliphatic rings. The predicted molar refractivity (Wildman–Crippen MR) is 61.3 cm³/mol. The van der Waals surface area contributed by atoms with Crippen molar-refractivity contribution in [1.29, 1.82) is 0 Å². The zero-order valence-corrected chi connectivity index (χ0v) is 9.89. The normalized spacial score (nSPS) is 32.4. The molecule has 0 amide bonds. The third kappa shape index (κ3) is 4.00. The van der Waals surface area contributed by atoms with Crippen LogP contribution in [0.2, 0.25) is 0 Å². The lowest BCUT2D eigenvalue weighted by Crippen LogP contribution is -2.13. The summed E-state index contributed by atoms with van der Waals surface area (Å²) in [7, 11) is 0. The molecule has 1 saturated carbocycles. The molecule has 0 heterocycles. The first-order valence-corrected chi connectivity index (χ1v) is 6.34. The zero-order chi connectivity index (χ0) is 10.4. The van der Waals surface area contributed by atoms with Crippen LogP contribution < -0.4 is 0 Å². The van der Waals surface area contributed by atoms with Crippen molar-refractivity contribution in [2.75, 3.05) is 0 Å². The summed E-state index contributed by atoms with van der Waals surface area (Å²) >= 11 is 0. The van der Waals surface area contributed by atoms with E-state index in [1.807, 2.05) is 0 Å². The molecular formula is C13H26O. The van der Waals surface area contributed by atoms with Gasteiger partial charge in [0.2, 0.25) is 0 Å². The summed E-state index contributed by atoms with van der Waals surface area (Å²) in [6.45, 7) is 4.61. The SMILES string of the molecule is CCCCCCCC1(C)CCC(O)C1. The van der Waals surface area contributed by atoms with Crippen LogP contribution in [0, 0.1) is 5.41 Å². The fourth-order valence-corrected chi connectivity index (χ4v) is 2.67. The van der Waals surface area contributed by atoms with Crippen molar-refractivity contribution in [3.05, 3.63) is 0 Å². The Morgan fingerprint density at radius 3 is 2.50 bits per heavy atom. The minimum atomic E-state index is -0.00404. The standard InChI is InChI=1S/C13H26O/c1-3-4-5-6-7-9-13(2)10-8-12(14)11-13/h12,14H,3-11H2,1-2H3. The molecule has 2 atom stereocenters. The molecule has 0 saturated heterocycles. The van der Waals surface area contributed by atoms with Crippen molar-refractivity contribution in [3.63, 3.8) is 0 Å². The maximum absolute atomic E-state index is 9.51. The van der Waals surface area contributed by atoms with E-state index in [2.05, 4.69) is 13.8 Å². The molecule has 0 aromatic rings. The van der Waals surface area contributed by atoms with Crippen LogP contribution in [0.15, 0.2) is 0 Å². The number of hydrogen-bond acceptors (Lipinski definition) is 1. The van der Waals surface area contributed by atoms with Crippen LogP contribution in [-0.2, 0) is 0 Å². The molecule has 14 heavy (non-hydrogen) atoms. The Morgan fingerprint density at radius 2 is 1.93 bits per heavy atom. The molecule has 1 heteroatoms. The lowest BCUT2D eigenvalue weighted by Gasteiger charge is -2.23. The van der Waals surface area contributed by atoms with Gasteiger partial charge in [0, 0.05) is 0 Å². The Bertz CT molecular complexity index is 155. The van der Waals surface area contributed by atoms with Crippen molar-refractivity contribution < 1.29 is 5.11 Å². The topological polar surface area (TPSA) is 20.2 Å². The number of aliphatic hydroxyl groups is 1. The van der Waals surface area contributed by atoms with Gasteiger partial charge in [0.25, 0.3) is 0 Å². The first-order valence-electron chi connectivity index (χ1n) is 6.34. The van der Waals surface area contributed by atoms with Crippen LogP contribution in [0.5, 0.6) is 0 Å². The first kappa shape index (κ1) is 12.0. The number of hydrogen-bond donors (Lipinski definition) is 1. The Labute approximate surface area is 88.9 Å². The fourth-order valence-electron chi connectivity index (χ4n) is 2.67. The average molecular weight is 198 g/mol. The molecule has 1 rings (SSSR count). The van der Waals surface area contributed by atoms with E-state index in [1.165, 1.54) is 44.9 Å². The summed E-state index contributed by atoms with van der Waals surface area (Å²) < 4.78 is 0. The smallest absolute Gasteiger partial charge is 0.0545 e. The summed E-state index contributed by atoms with van der Waals surface area (Å²) in [5.41, 5.74) is 0.464. The molecule has 2 unspecified atom stereocenters. The fraction of sp³-hybridized carbons (Fsp3) is 1.00. The molecule has 0 aliphatic heterocycles. The lowest BCUT2D eigenvalue weighted by molar-refractivity contribution is 0.159. The lowest BCUT2D eigenvalue weighted by atomic mass is 9.83. The summed E-state index contributed by atoms with van der Waals surface area (Å²) in [4.78, 5) is 0. The maximum atomic E-state index is 9.51. The third-order valence-electron chi connectivity index (χ3n) is 3.69. The first-order chi connectivity index (χ1) is 6.66. The number of unbranched alkanes of at least 4 members (excludes halogenated alkanes) is 4. The van der Waals surface area contributed by atoms with E-state index in [9.17, 15) is 5.11 Å². The van der Waals surface area contributed by atoms with Crippen molar-refractivity contribution >= 4 is 0 Å². The van der Waals surface area contributed by atoms with E-state index in [0.29, 0.717) is 5.41 Å². The van der Waals surface area contributed by atoms with Gasteiger partial charge in [-0.25, -0.2) is 0 Å². The molecule has 1 fully saturated rings. The molecule has 0 aromatic carbocycles. The second kappa shape index (κ2) is 5.75. The van der Waals surface area contributed by atoms with Crippen molar-refractivity contribution in [3.8, 4) is 0 Å². The zero-order valence-electron chi connectivity index (χ0n) is 9.89. The molecule has 1 N–H and O–H groups in total. The Hall–Kier alpha value is -0.0400. The van der Waals surface area contributed by atoms with Crippen LogP contribution >= 0.6 is 0 Å². The molecule has 0 aromatic heterocycles. The molecule has 1 nitrogen and oxygen atoms in total. The second-order valence-corrected chi connectivity index (χ2v) is 5.37. The Balaban J connectivity index is 2.05. The van der Waals surface area contributed by atoms with E-state index in [0.717, 1.165) is 12.8 Å². The van der Waals surface area contributed by atoms with Crippen molar-refractivity contribution in [1.82, 2.24) is 0 Å². The van der Waals surface area contributed by atoms with Gasteiger partial charge >= 0.3 is 0 Å². The average Bonchev–Trinajstić information content (AvgIpc) is 2.47. The van der Waals surface area contributed by atoms with Gasteiger partial charge in [0.1, 0.15) is 0 Å². The summed E-state index contributed by atoms with van der Waals surface area (Å²) in [5.74, 6) is 0. The van der Waals surface area contributed by atoms with Crippen LogP contribution in [0.25, 0.3) is 0 Å². The molecule has 84 valence electrons. The quantitative estimate of drug-likeness (QED) is 0.642. The number of aliphatic hydroxyl groups excluding tert-OH is 1. The van der Waals surface area contributed by atoms with Crippen molar-refractivity contribution in [2.45, 2.75) is 77.7 Å². The highest BCUT2D eigenvalue weighted by Gasteiger charge is 2.33. The van der Waals surface area contributed by atoms with Crippen LogP contribution in [0.3, 0.4) is 0 Å². The van der Waals surface area contributed by atoms with Gasteiger partial charge in [0.15, 0.2) is 0 Å². The van der Waals surface area contributed by atoms with Crippen LogP contribution in [0.1, 0.15) is 71.6 Å². The maximum Gasteiger partial charge on any atom is 0.0545 e. The van der Waals surface area contributed by atoms with Gasteiger partial charge in [-0.1, -0.05) is 46.0 Å². The highest BCUT2D eigenvalue weighted by molar-refractivity contribution is 4.85. The summed E-state index contributed by atoms with van der Waals surface area (Å²) in [5, 5.41) is 9.51.